The zero-order valence-electron chi connectivity index (χ0n) is 23.4. The number of rotatable bonds is 22. The van der Waals surface area contributed by atoms with Crippen LogP contribution >= 0.6 is 0 Å². The van der Waals surface area contributed by atoms with E-state index < -0.39 is 0 Å². The lowest BCUT2D eigenvalue weighted by Crippen LogP contribution is -2.25. The summed E-state index contributed by atoms with van der Waals surface area (Å²) in [4.78, 5) is 11.4. The number of unbranched alkanes of at least 4 members (excludes halogenated alkanes) is 12. The fourth-order valence-electron chi connectivity index (χ4n) is 4.91. The Morgan fingerprint density at radius 3 is 2.03 bits per heavy atom. The summed E-state index contributed by atoms with van der Waals surface area (Å²) < 4.78 is 0. The highest BCUT2D eigenvalue weighted by Gasteiger charge is 2.22. The molecule has 1 rings (SSSR count). The number of hydrogen-bond acceptors (Lipinski definition) is 1. The van der Waals surface area contributed by atoms with Crippen molar-refractivity contribution in [2.24, 2.45) is 0 Å². The molecule has 1 amide bonds. The lowest BCUT2D eigenvalue weighted by atomic mass is 9.77. The lowest BCUT2D eigenvalue weighted by molar-refractivity contribution is -0.116. The van der Waals surface area contributed by atoms with Crippen molar-refractivity contribution in [3.63, 3.8) is 0 Å². The summed E-state index contributed by atoms with van der Waals surface area (Å²) in [5.74, 6) is -0.0804. The highest BCUT2D eigenvalue weighted by Crippen LogP contribution is 2.31. The maximum atomic E-state index is 11.4. The number of aryl methyl sites for hydroxylation is 1. The predicted octanol–water partition coefficient (Wildman–Crippen LogP) is 9.63. The first-order valence-corrected chi connectivity index (χ1v) is 14.6. The van der Waals surface area contributed by atoms with Crippen molar-refractivity contribution in [1.29, 1.82) is 0 Å². The van der Waals surface area contributed by atoms with Gasteiger partial charge in [-0.2, -0.15) is 0 Å². The maximum absolute atomic E-state index is 11.4. The summed E-state index contributed by atoms with van der Waals surface area (Å²) in [6, 6.07) is 8.97. The molecule has 2 heteroatoms. The number of hydrogen-bond donors (Lipinski definition) is 1. The maximum Gasteiger partial charge on any atom is 0.243 e. The second-order valence-electron chi connectivity index (χ2n) is 10.8. The first-order valence-electron chi connectivity index (χ1n) is 14.6. The van der Waals surface area contributed by atoms with Crippen LogP contribution in [0.15, 0.2) is 49.1 Å². The largest absolute Gasteiger partial charge is 0.353 e. The van der Waals surface area contributed by atoms with Crippen LogP contribution < -0.4 is 5.32 Å². The molecule has 35 heavy (non-hydrogen) atoms. The normalized spacial score (nSPS) is 11.7. The van der Waals surface area contributed by atoms with E-state index in [0.29, 0.717) is 6.54 Å². The molecule has 0 aliphatic rings. The molecule has 0 heterocycles. The minimum Gasteiger partial charge on any atom is -0.353 e. The molecule has 0 fully saturated rings. The standard InChI is InChI=1S/C33H55NO/c1-5-7-8-9-10-11-12-13-14-15-16-17-18-19-20-21-25-30-26-22-23-27-31(30)33(3,4)28-24-29-34-32(35)6-2/h6,13-14,22-23,26-27H,2,5,7-12,15-21,24-25,28-29H2,1,3-4H3,(H,34,35)/b14-13-. The molecular formula is C33H55NO. The molecule has 0 spiro atoms. The van der Waals surface area contributed by atoms with Crippen molar-refractivity contribution in [2.45, 2.75) is 135 Å². The number of benzene rings is 1. The van der Waals surface area contributed by atoms with Crippen LogP contribution in [-0.2, 0) is 16.6 Å². The molecule has 0 aromatic heterocycles. The third-order valence-electron chi connectivity index (χ3n) is 7.17. The van der Waals surface area contributed by atoms with Gasteiger partial charge in [0.2, 0.25) is 5.91 Å². The Kier molecular flexibility index (Phi) is 18.2. The van der Waals surface area contributed by atoms with E-state index in [-0.39, 0.29) is 11.3 Å². The van der Waals surface area contributed by atoms with Gasteiger partial charge in [0.15, 0.2) is 0 Å². The van der Waals surface area contributed by atoms with Gasteiger partial charge in [-0.05, 0) is 74.0 Å². The Balaban J connectivity index is 2.15. The Labute approximate surface area is 218 Å². The first-order chi connectivity index (χ1) is 17.0. The van der Waals surface area contributed by atoms with Crippen LogP contribution in [0.1, 0.15) is 135 Å². The minimum atomic E-state index is -0.0804. The van der Waals surface area contributed by atoms with Gasteiger partial charge in [-0.15, -0.1) is 0 Å². The van der Waals surface area contributed by atoms with Crippen molar-refractivity contribution < 1.29 is 4.79 Å². The fourth-order valence-corrected chi connectivity index (χ4v) is 4.91. The molecule has 0 saturated carbocycles. The lowest BCUT2D eigenvalue weighted by Gasteiger charge is -2.28. The van der Waals surface area contributed by atoms with Gasteiger partial charge in [-0.1, -0.05) is 122 Å². The quantitative estimate of drug-likeness (QED) is 0.0996. The van der Waals surface area contributed by atoms with Gasteiger partial charge in [0, 0.05) is 6.54 Å². The van der Waals surface area contributed by atoms with Crippen LogP contribution in [0.25, 0.3) is 0 Å². The van der Waals surface area contributed by atoms with Gasteiger partial charge >= 0.3 is 0 Å². The number of allylic oxidation sites excluding steroid dienone is 2. The topological polar surface area (TPSA) is 29.1 Å². The van der Waals surface area contributed by atoms with Crippen LogP contribution in [0.2, 0.25) is 0 Å². The molecule has 0 saturated heterocycles. The minimum absolute atomic E-state index is 0.0804. The number of amides is 1. The smallest absolute Gasteiger partial charge is 0.243 e. The van der Waals surface area contributed by atoms with E-state index >= 15 is 0 Å². The Hall–Kier alpha value is -1.83. The summed E-state index contributed by atoms with van der Waals surface area (Å²) in [5, 5.41) is 2.90. The molecule has 0 aliphatic carbocycles. The monoisotopic (exact) mass is 481 g/mol. The molecule has 1 N–H and O–H groups in total. The van der Waals surface area contributed by atoms with E-state index in [0.717, 1.165) is 12.8 Å². The first kappa shape index (κ1) is 31.2. The summed E-state index contributed by atoms with van der Waals surface area (Å²) in [5.41, 5.74) is 3.10. The summed E-state index contributed by atoms with van der Waals surface area (Å²) in [7, 11) is 0. The molecule has 2 nitrogen and oxygen atoms in total. The van der Waals surface area contributed by atoms with Crippen molar-refractivity contribution in [1.82, 2.24) is 5.32 Å². The molecule has 198 valence electrons. The second-order valence-corrected chi connectivity index (χ2v) is 10.8. The van der Waals surface area contributed by atoms with Crippen LogP contribution in [-0.4, -0.2) is 12.5 Å². The van der Waals surface area contributed by atoms with E-state index in [1.165, 1.54) is 114 Å². The van der Waals surface area contributed by atoms with Gasteiger partial charge in [-0.3, -0.25) is 4.79 Å². The zero-order chi connectivity index (χ0) is 25.6. The molecule has 1 aromatic rings. The molecule has 0 aliphatic heterocycles. The molecule has 0 atom stereocenters. The zero-order valence-corrected chi connectivity index (χ0v) is 23.4. The molecule has 0 unspecified atom stereocenters. The Morgan fingerprint density at radius 1 is 0.829 bits per heavy atom. The average Bonchev–Trinajstić information content (AvgIpc) is 2.86. The summed E-state index contributed by atoms with van der Waals surface area (Å²) in [6.07, 6.45) is 28.3. The van der Waals surface area contributed by atoms with Crippen LogP contribution in [0.5, 0.6) is 0 Å². The number of nitrogens with one attached hydrogen (secondary N) is 1. The molecule has 0 radical (unpaired) electrons. The van der Waals surface area contributed by atoms with Gasteiger partial charge in [0.25, 0.3) is 0 Å². The molecule has 1 aromatic carbocycles. The second kappa shape index (κ2) is 20.4. The third-order valence-corrected chi connectivity index (χ3v) is 7.17. The van der Waals surface area contributed by atoms with E-state index in [4.69, 9.17) is 0 Å². The predicted molar refractivity (Wildman–Crippen MR) is 155 cm³/mol. The van der Waals surface area contributed by atoms with Crippen molar-refractivity contribution in [2.75, 3.05) is 6.54 Å². The molecule has 0 bridgehead atoms. The van der Waals surface area contributed by atoms with Gasteiger partial charge in [0.1, 0.15) is 0 Å². The fraction of sp³-hybridized carbons (Fsp3) is 0.667. The van der Waals surface area contributed by atoms with Crippen LogP contribution in [0.4, 0.5) is 0 Å². The number of carbonyl (C=O) groups is 1. The van der Waals surface area contributed by atoms with E-state index in [1.807, 2.05) is 0 Å². The number of carbonyl (C=O) groups excluding carboxylic acids is 1. The van der Waals surface area contributed by atoms with Crippen molar-refractivity contribution in [3.8, 4) is 0 Å². The van der Waals surface area contributed by atoms with E-state index in [1.54, 1.807) is 0 Å². The summed E-state index contributed by atoms with van der Waals surface area (Å²) >= 11 is 0. The van der Waals surface area contributed by atoms with E-state index in [2.05, 4.69) is 69.1 Å². The van der Waals surface area contributed by atoms with Crippen LogP contribution in [0, 0.1) is 0 Å². The van der Waals surface area contributed by atoms with Crippen molar-refractivity contribution >= 4 is 5.91 Å². The molecular weight excluding hydrogens is 426 g/mol. The van der Waals surface area contributed by atoms with Crippen LogP contribution in [0.3, 0.4) is 0 Å². The van der Waals surface area contributed by atoms with Crippen molar-refractivity contribution in [3.05, 3.63) is 60.2 Å². The van der Waals surface area contributed by atoms with Gasteiger partial charge in [0.05, 0.1) is 0 Å². The highest BCUT2D eigenvalue weighted by molar-refractivity contribution is 5.86. The Bertz CT molecular complexity index is 703. The Morgan fingerprint density at radius 2 is 1.40 bits per heavy atom. The van der Waals surface area contributed by atoms with Gasteiger partial charge in [-0.25, -0.2) is 0 Å². The SMILES string of the molecule is C=CC(=O)NCCCC(C)(C)c1ccccc1CCCCCCCC/C=C\CCCCCCCC. The third kappa shape index (κ3) is 15.7. The van der Waals surface area contributed by atoms with Gasteiger partial charge < -0.3 is 5.32 Å². The highest BCUT2D eigenvalue weighted by atomic mass is 16.1. The van der Waals surface area contributed by atoms with E-state index in [9.17, 15) is 4.79 Å². The summed E-state index contributed by atoms with van der Waals surface area (Å²) in [6.45, 7) is 11.2. The average molecular weight is 482 g/mol.